The lowest BCUT2D eigenvalue weighted by Crippen LogP contribution is -1.95. The number of fused-ring (bicyclic) bond motifs is 1. The standard InChI is InChI=1S/C13H13ClN2/c14-12-5-4-11-6-9-16(13(11)10-12)8-3-1-2-7-15/h4-6,9-10H,1-3,8H2. The van der Waals surface area contributed by atoms with E-state index < -0.39 is 0 Å². The largest absolute Gasteiger partial charge is 0.347 e. The average Bonchev–Trinajstić information content (AvgIpc) is 2.67. The van der Waals surface area contributed by atoms with Crippen molar-refractivity contribution < 1.29 is 0 Å². The molecule has 82 valence electrons. The Morgan fingerprint density at radius 1 is 1.25 bits per heavy atom. The highest BCUT2D eigenvalue weighted by Gasteiger charge is 2.01. The summed E-state index contributed by atoms with van der Waals surface area (Å²) in [4.78, 5) is 0. The van der Waals surface area contributed by atoms with Crippen LogP contribution in [0.1, 0.15) is 19.3 Å². The van der Waals surface area contributed by atoms with Crippen molar-refractivity contribution in [3.05, 3.63) is 35.5 Å². The topological polar surface area (TPSA) is 28.7 Å². The average molecular weight is 233 g/mol. The molecule has 16 heavy (non-hydrogen) atoms. The van der Waals surface area contributed by atoms with Gasteiger partial charge in [0.15, 0.2) is 0 Å². The molecule has 0 aliphatic rings. The lowest BCUT2D eigenvalue weighted by molar-refractivity contribution is 0.632. The van der Waals surface area contributed by atoms with Gasteiger partial charge in [0.1, 0.15) is 0 Å². The third-order valence-corrected chi connectivity index (χ3v) is 2.91. The molecule has 0 bridgehead atoms. The lowest BCUT2D eigenvalue weighted by atomic mass is 10.2. The number of benzene rings is 1. The minimum absolute atomic E-state index is 0.639. The molecule has 1 aromatic heterocycles. The van der Waals surface area contributed by atoms with Gasteiger partial charge in [-0.15, -0.1) is 0 Å². The van der Waals surface area contributed by atoms with Crippen LogP contribution in [0.5, 0.6) is 0 Å². The highest BCUT2D eigenvalue weighted by molar-refractivity contribution is 6.31. The van der Waals surface area contributed by atoms with Crippen LogP contribution in [0.3, 0.4) is 0 Å². The van der Waals surface area contributed by atoms with Crippen molar-refractivity contribution in [1.29, 1.82) is 5.26 Å². The van der Waals surface area contributed by atoms with Gasteiger partial charge in [0.05, 0.1) is 6.07 Å². The van der Waals surface area contributed by atoms with Gasteiger partial charge in [-0.25, -0.2) is 0 Å². The van der Waals surface area contributed by atoms with Crippen LogP contribution < -0.4 is 0 Å². The van der Waals surface area contributed by atoms with Gasteiger partial charge in [0.25, 0.3) is 0 Å². The fraction of sp³-hybridized carbons (Fsp3) is 0.308. The van der Waals surface area contributed by atoms with Crippen molar-refractivity contribution in [1.82, 2.24) is 4.57 Å². The molecule has 2 aromatic rings. The highest BCUT2D eigenvalue weighted by atomic mass is 35.5. The van der Waals surface area contributed by atoms with Gasteiger partial charge >= 0.3 is 0 Å². The Balaban J connectivity index is 2.12. The summed E-state index contributed by atoms with van der Waals surface area (Å²) >= 11 is 5.97. The summed E-state index contributed by atoms with van der Waals surface area (Å²) in [6, 6.07) is 10.2. The van der Waals surface area contributed by atoms with E-state index >= 15 is 0 Å². The van der Waals surface area contributed by atoms with Crippen LogP contribution in [0, 0.1) is 11.3 Å². The van der Waals surface area contributed by atoms with Crippen LogP contribution in [0.2, 0.25) is 5.02 Å². The van der Waals surface area contributed by atoms with E-state index in [1.165, 1.54) is 10.9 Å². The van der Waals surface area contributed by atoms with E-state index in [1.54, 1.807) is 0 Å². The minimum atomic E-state index is 0.639. The van der Waals surface area contributed by atoms with Crippen LogP contribution in [-0.2, 0) is 6.54 Å². The number of hydrogen-bond acceptors (Lipinski definition) is 1. The van der Waals surface area contributed by atoms with Crippen molar-refractivity contribution in [2.24, 2.45) is 0 Å². The summed E-state index contributed by atoms with van der Waals surface area (Å²) in [7, 11) is 0. The van der Waals surface area contributed by atoms with Crippen molar-refractivity contribution in [3.8, 4) is 6.07 Å². The van der Waals surface area contributed by atoms with E-state index in [4.69, 9.17) is 16.9 Å². The third kappa shape index (κ3) is 2.37. The molecule has 0 spiro atoms. The molecule has 0 amide bonds. The number of halogens is 1. The molecule has 0 saturated carbocycles. The van der Waals surface area contributed by atoms with Gasteiger partial charge in [0, 0.05) is 29.7 Å². The second kappa shape index (κ2) is 5.05. The highest BCUT2D eigenvalue weighted by Crippen LogP contribution is 2.20. The second-order valence-corrected chi connectivity index (χ2v) is 4.26. The summed E-state index contributed by atoms with van der Waals surface area (Å²) in [6.07, 6.45) is 4.70. The maximum Gasteiger partial charge on any atom is 0.0621 e. The minimum Gasteiger partial charge on any atom is -0.347 e. The van der Waals surface area contributed by atoms with E-state index in [-0.39, 0.29) is 0 Å². The molecule has 0 N–H and O–H groups in total. The SMILES string of the molecule is N#CCCCCn1ccc2ccc(Cl)cc21. The number of unbranched alkanes of at least 4 members (excludes halogenated alkanes) is 2. The number of hydrogen-bond donors (Lipinski definition) is 0. The van der Waals surface area contributed by atoms with Crippen LogP contribution in [0.25, 0.3) is 10.9 Å². The predicted molar refractivity (Wildman–Crippen MR) is 66.4 cm³/mol. The Hall–Kier alpha value is -1.46. The smallest absolute Gasteiger partial charge is 0.0621 e. The molecule has 0 atom stereocenters. The van der Waals surface area contributed by atoms with Gasteiger partial charge in [-0.05, 0) is 36.4 Å². The quantitative estimate of drug-likeness (QED) is 0.733. The Morgan fingerprint density at radius 2 is 2.12 bits per heavy atom. The molecule has 0 aliphatic heterocycles. The van der Waals surface area contributed by atoms with Crippen LogP contribution in [0.4, 0.5) is 0 Å². The van der Waals surface area contributed by atoms with E-state index in [1.807, 2.05) is 18.2 Å². The summed E-state index contributed by atoms with van der Waals surface area (Å²) < 4.78 is 2.19. The number of nitrogens with zero attached hydrogens (tertiary/aromatic N) is 2. The fourth-order valence-corrected chi connectivity index (χ4v) is 2.00. The Morgan fingerprint density at radius 3 is 2.94 bits per heavy atom. The number of nitriles is 1. The molecule has 1 aromatic carbocycles. The molecule has 1 heterocycles. The van der Waals surface area contributed by atoms with Gasteiger partial charge in [-0.2, -0.15) is 5.26 Å². The zero-order valence-corrected chi connectivity index (χ0v) is 9.74. The molecule has 2 nitrogen and oxygen atoms in total. The first-order chi connectivity index (χ1) is 7.81. The molecule has 0 fully saturated rings. The summed E-state index contributed by atoms with van der Waals surface area (Å²) in [5, 5.41) is 10.4. The molecule has 0 radical (unpaired) electrons. The molecule has 0 unspecified atom stereocenters. The maximum atomic E-state index is 8.46. The van der Waals surface area contributed by atoms with E-state index in [2.05, 4.69) is 22.9 Å². The first kappa shape index (κ1) is 11.0. The summed E-state index contributed by atoms with van der Waals surface area (Å²) in [6.45, 7) is 0.950. The monoisotopic (exact) mass is 232 g/mol. The zero-order chi connectivity index (χ0) is 11.4. The molecule has 0 saturated heterocycles. The fourth-order valence-electron chi connectivity index (χ4n) is 1.84. The van der Waals surface area contributed by atoms with E-state index in [0.29, 0.717) is 6.42 Å². The van der Waals surface area contributed by atoms with Crippen molar-refractivity contribution in [2.75, 3.05) is 0 Å². The van der Waals surface area contributed by atoms with E-state index in [9.17, 15) is 0 Å². The van der Waals surface area contributed by atoms with Gasteiger partial charge < -0.3 is 4.57 Å². The number of aryl methyl sites for hydroxylation is 1. The molecule has 3 heteroatoms. The lowest BCUT2D eigenvalue weighted by Gasteiger charge is -2.04. The predicted octanol–water partition coefficient (Wildman–Crippen LogP) is 3.99. The normalized spacial score (nSPS) is 10.5. The van der Waals surface area contributed by atoms with Crippen molar-refractivity contribution in [3.63, 3.8) is 0 Å². The zero-order valence-electron chi connectivity index (χ0n) is 8.99. The molecule has 0 aliphatic carbocycles. The van der Waals surface area contributed by atoms with Gasteiger partial charge in [0.2, 0.25) is 0 Å². The first-order valence-corrected chi connectivity index (χ1v) is 5.80. The summed E-state index contributed by atoms with van der Waals surface area (Å²) in [5.41, 5.74) is 1.17. The second-order valence-electron chi connectivity index (χ2n) is 3.83. The molecular formula is C13H13ClN2. The van der Waals surface area contributed by atoms with E-state index in [0.717, 1.165) is 24.4 Å². The molecule has 2 rings (SSSR count). The Labute approximate surface area is 100 Å². The number of rotatable bonds is 4. The third-order valence-electron chi connectivity index (χ3n) is 2.67. The van der Waals surface area contributed by atoms with Gasteiger partial charge in [-0.3, -0.25) is 0 Å². The number of aromatic nitrogens is 1. The first-order valence-electron chi connectivity index (χ1n) is 5.42. The maximum absolute atomic E-state index is 8.46. The Bertz CT molecular complexity index is 522. The van der Waals surface area contributed by atoms with Crippen LogP contribution in [-0.4, -0.2) is 4.57 Å². The van der Waals surface area contributed by atoms with Crippen molar-refractivity contribution in [2.45, 2.75) is 25.8 Å². The molecular weight excluding hydrogens is 220 g/mol. The van der Waals surface area contributed by atoms with Crippen molar-refractivity contribution >= 4 is 22.5 Å². The Kier molecular flexibility index (Phi) is 3.48. The van der Waals surface area contributed by atoms with Gasteiger partial charge in [-0.1, -0.05) is 17.7 Å². The van der Waals surface area contributed by atoms with Crippen LogP contribution in [0.15, 0.2) is 30.5 Å². The summed E-state index contributed by atoms with van der Waals surface area (Å²) in [5.74, 6) is 0. The van der Waals surface area contributed by atoms with Crippen LogP contribution >= 0.6 is 11.6 Å².